The van der Waals surface area contributed by atoms with Gasteiger partial charge >= 0.3 is 0 Å². The van der Waals surface area contributed by atoms with Crippen LogP contribution in [0.1, 0.15) is 10.4 Å². The van der Waals surface area contributed by atoms with Gasteiger partial charge in [-0.3, -0.25) is 9.78 Å². The van der Waals surface area contributed by atoms with Gasteiger partial charge in [-0.25, -0.2) is 4.68 Å². The van der Waals surface area contributed by atoms with E-state index >= 15 is 0 Å². The van der Waals surface area contributed by atoms with Gasteiger partial charge in [-0.2, -0.15) is 5.10 Å². The predicted molar refractivity (Wildman–Crippen MR) is 88.0 cm³/mol. The lowest BCUT2D eigenvalue weighted by molar-refractivity contribution is 0.0959. The summed E-state index contributed by atoms with van der Waals surface area (Å²) in [6, 6.07) is 13.3. The van der Waals surface area contributed by atoms with E-state index in [4.69, 9.17) is 6.42 Å². The maximum absolute atomic E-state index is 12.4. The fourth-order valence-electron chi connectivity index (χ4n) is 2.20. The molecule has 1 aromatic carbocycles. The molecule has 0 fully saturated rings. The van der Waals surface area contributed by atoms with Gasteiger partial charge in [0.2, 0.25) is 0 Å². The third kappa shape index (κ3) is 3.11. The van der Waals surface area contributed by atoms with Crippen LogP contribution in [0.5, 0.6) is 0 Å². The van der Waals surface area contributed by atoms with E-state index < -0.39 is 0 Å². The van der Waals surface area contributed by atoms with Crippen molar-refractivity contribution in [3.63, 3.8) is 0 Å². The number of nitrogens with zero attached hydrogens (tertiary/aromatic N) is 3. The summed E-state index contributed by atoms with van der Waals surface area (Å²) in [5, 5.41) is 7.22. The van der Waals surface area contributed by atoms with Crippen molar-refractivity contribution in [3.8, 4) is 29.3 Å². The van der Waals surface area contributed by atoms with Crippen LogP contribution in [-0.4, -0.2) is 27.2 Å². The molecule has 0 unspecified atom stereocenters. The zero-order valence-corrected chi connectivity index (χ0v) is 12.3. The average molecular weight is 302 g/mol. The number of amides is 1. The summed E-state index contributed by atoms with van der Waals surface area (Å²) in [5.41, 5.74) is 2.66. The summed E-state index contributed by atoms with van der Waals surface area (Å²) in [5.74, 6) is 2.13. The minimum absolute atomic E-state index is 0.168. The minimum Gasteiger partial charge on any atom is -0.341 e. The Hall–Kier alpha value is -3.39. The quantitative estimate of drug-likeness (QED) is 0.752. The molecule has 5 nitrogen and oxygen atoms in total. The van der Waals surface area contributed by atoms with E-state index in [9.17, 15) is 4.79 Å². The van der Waals surface area contributed by atoms with E-state index in [1.807, 2.05) is 36.4 Å². The lowest BCUT2D eigenvalue weighted by Crippen LogP contribution is -2.23. The summed E-state index contributed by atoms with van der Waals surface area (Å²) in [7, 11) is 0. The molecule has 0 saturated carbocycles. The van der Waals surface area contributed by atoms with Crippen LogP contribution in [0.25, 0.3) is 16.9 Å². The number of benzene rings is 1. The first-order chi connectivity index (χ1) is 11.3. The predicted octanol–water partition coefficient (Wildman–Crippen LogP) is 2.30. The Morgan fingerprint density at radius 3 is 2.74 bits per heavy atom. The van der Waals surface area contributed by atoms with Gasteiger partial charge < -0.3 is 5.32 Å². The zero-order chi connectivity index (χ0) is 16.1. The molecular formula is C18H14N4O. The van der Waals surface area contributed by atoms with E-state index in [0.29, 0.717) is 11.3 Å². The zero-order valence-electron chi connectivity index (χ0n) is 12.3. The number of pyridine rings is 1. The van der Waals surface area contributed by atoms with Gasteiger partial charge in [0.25, 0.3) is 5.91 Å². The van der Waals surface area contributed by atoms with Crippen molar-refractivity contribution in [2.45, 2.75) is 0 Å². The highest BCUT2D eigenvalue weighted by atomic mass is 16.1. The third-order valence-corrected chi connectivity index (χ3v) is 3.27. The second-order valence-electron chi connectivity index (χ2n) is 4.80. The molecule has 0 atom stereocenters. The number of rotatable bonds is 4. The number of terminal acetylenes is 1. The molecule has 0 aliphatic carbocycles. The summed E-state index contributed by atoms with van der Waals surface area (Å²) in [6.45, 7) is 0.168. The van der Waals surface area contributed by atoms with Gasteiger partial charge in [0.15, 0.2) is 0 Å². The van der Waals surface area contributed by atoms with Crippen LogP contribution in [0.15, 0.2) is 61.1 Å². The van der Waals surface area contributed by atoms with Crippen LogP contribution >= 0.6 is 0 Å². The fraction of sp³-hybridized carbons (Fsp3) is 0.0556. The van der Waals surface area contributed by atoms with Gasteiger partial charge in [-0.05, 0) is 24.3 Å². The summed E-state index contributed by atoms with van der Waals surface area (Å²) < 4.78 is 1.67. The van der Waals surface area contributed by atoms with Crippen molar-refractivity contribution in [1.82, 2.24) is 20.1 Å². The molecule has 0 radical (unpaired) electrons. The number of nitrogens with one attached hydrogen (secondary N) is 1. The topological polar surface area (TPSA) is 59.8 Å². The second-order valence-corrected chi connectivity index (χ2v) is 4.80. The Kier molecular flexibility index (Phi) is 4.16. The van der Waals surface area contributed by atoms with Crippen molar-refractivity contribution in [3.05, 3.63) is 66.6 Å². The Labute approximate surface area is 134 Å². The van der Waals surface area contributed by atoms with Crippen molar-refractivity contribution in [1.29, 1.82) is 0 Å². The molecule has 1 amide bonds. The van der Waals surface area contributed by atoms with Crippen molar-refractivity contribution < 1.29 is 4.79 Å². The molecule has 112 valence electrons. The molecule has 0 bridgehead atoms. The Morgan fingerprint density at radius 1 is 1.22 bits per heavy atom. The molecule has 0 aliphatic rings. The van der Waals surface area contributed by atoms with Gasteiger partial charge in [0, 0.05) is 24.2 Å². The minimum atomic E-state index is -0.260. The second kappa shape index (κ2) is 6.58. The van der Waals surface area contributed by atoms with E-state index in [0.717, 1.165) is 11.3 Å². The highest BCUT2D eigenvalue weighted by molar-refractivity contribution is 6.00. The van der Waals surface area contributed by atoms with Crippen molar-refractivity contribution >= 4 is 5.91 Å². The first-order valence-corrected chi connectivity index (χ1v) is 7.07. The molecule has 0 saturated heterocycles. The van der Waals surface area contributed by atoms with Crippen LogP contribution in [0.3, 0.4) is 0 Å². The third-order valence-electron chi connectivity index (χ3n) is 3.27. The Balaban J connectivity index is 2.07. The fourth-order valence-corrected chi connectivity index (χ4v) is 2.20. The maximum atomic E-state index is 12.4. The van der Waals surface area contributed by atoms with E-state index in [-0.39, 0.29) is 12.5 Å². The van der Waals surface area contributed by atoms with Crippen LogP contribution in [0.4, 0.5) is 0 Å². The standard InChI is InChI=1S/C18H14N4O/c1-2-10-20-18(23)16-13-22(15-8-4-3-5-9-15)21-17(16)14-7-6-11-19-12-14/h1,3-9,11-13H,10H2,(H,20,23). The molecule has 0 spiro atoms. The molecule has 1 N–H and O–H groups in total. The van der Waals surface area contributed by atoms with E-state index in [1.165, 1.54) is 0 Å². The molecular weight excluding hydrogens is 288 g/mol. The highest BCUT2D eigenvalue weighted by Crippen LogP contribution is 2.22. The van der Waals surface area contributed by atoms with Crippen LogP contribution in [-0.2, 0) is 0 Å². The van der Waals surface area contributed by atoms with Crippen LogP contribution in [0, 0.1) is 12.3 Å². The smallest absolute Gasteiger partial charge is 0.255 e. The number of hydrogen-bond donors (Lipinski definition) is 1. The molecule has 3 rings (SSSR count). The molecule has 0 aliphatic heterocycles. The number of carbonyl (C=O) groups excluding carboxylic acids is 1. The van der Waals surface area contributed by atoms with Gasteiger partial charge in [0.1, 0.15) is 5.69 Å². The molecule has 3 aromatic rings. The first kappa shape index (κ1) is 14.5. The van der Waals surface area contributed by atoms with Gasteiger partial charge in [-0.1, -0.05) is 24.1 Å². The van der Waals surface area contributed by atoms with Crippen LogP contribution < -0.4 is 5.32 Å². The SMILES string of the molecule is C#CCNC(=O)c1cn(-c2ccccc2)nc1-c1cccnc1. The van der Waals surface area contributed by atoms with Gasteiger partial charge in [-0.15, -0.1) is 6.42 Å². The number of hydrogen-bond acceptors (Lipinski definition) is 3. The lowest BCUT2D eigenvalue weighted by atomic mass is 10.1. The number of aromatic nitrogens is 3. The first-order valence-electron chi connectivity index (χ1n) is 7.07. The maximum Gasteiger partial charge on any atom is 0.255 e. The monoisotopic (exact) mass is 302 g/mol. The number of para-hydroxylation sites is 1. The van der Waals surface area contributed by atoms with Crippen molar-refractivity contribution in [2.24, 2.45) is 0 Å². The highest BCUT2D eigenvalue weighted by Gasteiger charge is 2.18. The lowest BCUT2D eigenvalue weighted by Gasteiger charge is -2.01. The summed E-state index contributed by atoms with van der Waals surface area (Å²) in [6.07, 6.45) is 10.3. The normalized spacial score (nSPS) is 10.0. The molecule has 2 heterocycles. The van der Waals surface area contributed by atoms with Gasteiger partial charge in [0.05, 0.1) is 17.8 Å². The molecule has 23 heavy (non-hydrogen) atoms. The van der Waals surface area contributed by atoms with Crippen molar-refractivity contribution in [2.75, 3.05) is 6.54 Å². The largest absolute Gasteiger partial charge is 0.341 e. The molecule has 2 aromatic heterocycles. The summed E-state index contributed by atoms with van der Waals surface area (Å²) in [4.78, 5) is 16.5. The average Bonchev–Trinajstić information content (AvgIpc) is 3.07. The van der Waals surface area contributed by atoms with E-state index in [2.05, 4.69) is 21.3 Å². The summed E-state index contributed by atoms with van der Waals surface area (Å²) >= 11 is 0. The van der Waals surface area contributed by atoms with Crippen LogP contribution in [0.2, 0.25) is 0 Å². The molecule has 5 heteroatoms. The number of carbonyl (C=O) groups is 1. The Morgan fingerprint density at radius 2 is 2.04 bits per heavy atom. The van der Waals surface area contributed by atoms with E-state index in [1.54, 1.807) is 29.3 Å². The Bertz CT molecular complexity index is 848.